The average molecular weight is 486 g/mol. The number of aliphatic hydroxyl groups is 1. The van der Waals surface area contributed by atoms with Gasteiger partial charge < -0.3 is 14.6 Å². The molecular formula is C30H47NO4. The number of hydrogen-bond acceptors (Lipinski definition) is 5. The molecule has 1 N–H and O–H groups in total. The molecule has 196 valence electrons. The molecule has 5 aliphatic heterocycles. The maximum Gasteiger partial charge on any atom is 0.166 e. The lowest BCUT2D eigenvalue weighted by molar-refractivity contribution is -0.283. The molecule has 7 rings (SSSR count). The molecule has 0 aromatic rings. The number of nitrogens with zero attached hydrogens (tertiary/aromatic N) is 1. The number of carbonyl (C=O) groups excluding carboxylic acids is 1. The fraction of sp³-hybridized carbons (Fsp3) is 0.967. The molecule has 2 saturated carbocycles. The van der Waals surface area contributed by atoms with Gasteiger partial charge in [0.1, 0.15) is 12.0 Å². The third kappa shape index (κ3) is 2.58. The number of ketones is 1. The maximum absolute atomic E-state index is 14.1. The van der Waals surface area contributed by atoms with Crippen LogP contribution in [0.25, 0.3) is 0 Å². The molecule has 0 radical (unpaired) electrons. The first-order valence-corrected chi connectivity index (χ1v) is 14.8. The Labute approximate surface area is 211 Å². The highest BCUT2D eigenvalue weighted by Crippen LogP contribution is 2.80. The molecule has 7 fully saturated rings. The smallest absolute Gasteiger partial charge is 0.166 e. The van der Waals surface area contributed by atoms with E-state index >= 15 is 0 Å². The summed E-state index contributed by atoms with van der Waals surface area (Å²) in [6, 6.07) is 0.423. The lowest BCUT2D eigenvalue weighted by Crippen LogP contribution is -2.72. The van der Waals surface area contributed by atoms with Crippen molar-refractivity contribution >= 4 is 5.78 Å². The summed E-state index contributed by atoms with van der Waals surface area (Å²) in [5.74, 6) is 2.07. The average Bonchev–Trinajstić information content (AvgIpc) is 3.42. The van der Waals surface area contributed by atoms with Gasteiger partial charge in [0.25, 0.3) is 0 Å². The number of hydrogen-bond donors (Lipinski definition) is 1. The molecule has 7 bridgehead atoms. The summed E-state index contributed by atoms with van der Waals surface area (Å²) in [5, 5.41) is 11.9. The van der Waals surface area contributed by atoms with E-state index in [9.17, 15) is 9.90 Å². The lowest BCUT2D eigenvalue weighted by Gasteiger charge is -2.68. The third-order valence-electron chi connectivity index (χ3n) is 13.4. The number of fused-ring (bicyclic) bond motifs is 4. The first-order valence-electron chi connectivity index (χ1n) is 14.8. The van der Waals surface area contributed by atoms with Crippen LogP contribution in [-0.2, 0) is 14.3 Å². The standard InChI is InChI=1S/C30H47NO4/c1-18(2)19-8-13-27(4)20-9-15-29-12-6-7-21(29)30(27,24(19)31(29)25(20)33)16-10-22(32)26(3)17-34-28(5)14-11-23(26)35-28/h18-21,23-25,33H,6-17H2,1-5H3/t19-,20-,21-,23+,24+,25+,26-,27+,28-,29-,30+/m0/s1. The van der Waals surface area contributed by atoms with Crippen LogP contribution in [0, 0.1) is 39.9 Å². The van der Waals surface area contributed by atoms with Crippen molar-refractivity contribution < 1.29 is 19.4 Å². The summed E-state index contributed by atoms with van der Waals surface area (Å²) in [6.45, 7) is 12.0. The van der Waals surface area contributed by atoms with Gasteiger partial charge in [0.05, 0.1) is 18.1 Å². The number of rotatable bonds is 5. The van der Waals surface area contributed by atoms with Crippen molar-refractivity contribution in [2.75, 3.05) is 6.61 Å². The summed E-state index contributed by atoms with van der Waals surface area (Å²) < 4.78 is 12.4. The van der Waals surface area contributed by atoms with Gasteiger partial charge in [0.15, 0.2) is 5.79 Å². The third-order valence-corrected chi connectivity index (χ3v) is 13.4. The monoisotopic (exact) mass is 485 g/mol. The molecule has 0 aromatic carbocycles. The fourth-order valence-electron chi connectivity index (χ4n) is 11.7. The zero-order chi connectivity index (χ0) is 24.6. The van der Waals surface area contributed by atoms with Crippen LogP contribution >= 0.6 is 0 Å². The van der Waals surface area contributed by atoms with Gasteiger partial charge in [-0.05, 0) is 93.8 Å². The first kappa shape index (κ1) is 23.6. The summed E-state index contributed by atoms with van der Waals surface area (Å²) in [5.41, 5.74) is -0.0887. The van der Waals surface area contributed by atoms with Crippen LogP contribution in [0.3, 0.4) is 0 Å². The van der Waals surface area contributed by atoms with E-state index in [0.717, 1.165) is 19.3 Å². The Bertz CT molecular complexity index is 937. The summed E-state index contributed by atoms with van der Waals surface area (Å²) >= 11 is 0. The van der Waals surface area contributed by atoms with E-state index < -0.39 is 11.2 Å². The normalized spacial score (nSPS) is 59.8. The Balaban J connectivity index is 1.28. The van der Waals surface area contributed by atoms with Crippen molar-refractivity contribution in [3.63, 3.8) is 0 Å². The molecule has 12 atom stereocenters. The quantitative estimate of drug-likeness (QED) is 0.573. The van der Waals surface area contributed by atoms with Crippen molar-refractivity contribution in [2.24, 2.45) is 39.9 Å². The van der Waals surface area contributed by atoms with Gasteiger partial charge in [-0.15, -0.1) is 0 Å². The van der Waals surface area contributed by atoms with E-state index in [1.807, 2.05) is 6.92 Å². The maximum atomic E-state index is 14.1. The molecule has 0 amide bonds. The SMILES string of the molecule is CC(C)[C@@H]1CC[C@]2(C)[C@H]3CC[C@@]45CCC[C@@H]4[C@]2(CCC(=O)[C@]2(C)CO[C@]4(C)CC[C@H]2O4)[C@@H]1N5[C@@H]3O. The van der Waals surface area contributed by atoms with Crippen molar-refractivity contribution in [2.45, 2.75) is 135 Å². The topological polar surface area (TPSA) is 59.0 Å². The van der Waals surface area contributed by atoms with Gasteiger partial charge in [-0.1, -0.05) is 27.2 Å². The van der Waals surface area contributed by atoms with Gasteiger partial charge in [0, 0.05) is 30.3 Å². The largest absolute Gasteiger partial charge is 0.378 e. The van der Waals surface area contributed by atoms with Crippen LogP contribution in [0.5, 0.6) is 0 Å². The Morgan fingerprint density at radius 3 is 2.63 bits per heavy atom. The minimum Gasteiger partial charge on any atom is -0.378 e. The molecule has 5 heterocycles. The number of piperidine rings is 2. The van der Waals surface area contributed by atoms with Crippen LogP contribution in [0.1, 0.15) is 105 Å². The van der Waals surface area contributed by atoms with Crippen LogP contribution in [0.4, 0.5) is 0 Å². The molecular weight excluding hydrogens is 438 g/mol. The number of Topliss-reactive ketones (excluding diaryl/α,β-unsaturated/α-hetero) is 1. The minimum absolute atomic E-state index is 0.00740. The van der Waals surface area contributed by atoms with Crippen LogP contribution in [-0.4, -0.2) is 52.1 Å². The van der Waals surface area contributed by atoms with Gasteiger partial charge in [-0.2, -0.15) is 0 Å². The zero-order valence-corrected chi connectivity index (χ0v) is 22.6. The highest BCUT2D eigenvalue weighted by molar-refractivity contribution is 5.85. The fourth-order valence-corrected chi connectivity index (χ4v) is 11.7. The highest BCUT2D eigenvalue weighted by Gasteiger charge is 2.81. The van der Waals surface area contributed by atoms with Gasteiger partial charge >= 0.3 is 0 Å². The van der Waals surface area contributed by atoms with Crippen molar-refractivity contribution in [3.8, 4) is 0 Å². The second-order valence-corrected chi connectivity index (χ2v) is 14.8. The van der Waals surface area contributed by atoms with Crippen molar-refractivity contribution in [3.05, 3.63) is 0 Å². The van der Waals surface area contributed by atoms with E-state index in [1.165, 1.54) is 44.9 Å². The number of aliphatic hydroxyl groups excluding tert-OH is 1. The molecule has 2 aliphatic carbocycles. The van der Waals surface area contributed by atoms with E-state index in [2.05, 4.69) is 32.6 Å². The molecule has 5 heteroatoms. The molecule has 5 saturated heterocycles. The van der Waals surface area contributed by atoms with Gasteiger partial charge in [-0.3, -0.25) is 9.69 Å². The van der Waals surface area contributed by atoms with E-state index in [4.69, 9.17) is 9.47 Å². The molecule has 7 aliphatic rings. The predicted molar refractivity (Wildman–Crippen MR) is 133 cm³/mol. The predicted octanol–water partition coefficient (Wildman–Crippen LogP) is 5.29. The van der Waals surface area contributed by atoms with Gasteiger partial charge in [-0.25, -0.2) is 0 Å². The highest BCUT2D eigenvalue weighted by atomic mass is 16.7. The van der Waals surface area contributed by atoms with Gasteiger partial charge in [0.2, 0.25) is 0 Å². The molecule has 1 unspecified atom stereocenters. The van der Waals surface area contributed by atoms with Crippen LogP contribution < -0.4 is 0 Å². The second kappa shape index (κ2) is 7.12. The van der Waals surface area contributed by atoms with Crippen LogP contribution in [0.15, 0.2) is 0 Å². The van der Waals surface area contributed by atoms with Crippen LogP contribution in [0.2, 0.25) is 0 Å². The Morgan fingerprint density at radius 2 is 1.86 bits per heavy atom. The Kier molecular flexibility index (Phi) is 4.81. The second-order valence-electron chi connectivity index (χ2n) is 14.8. The Hall–Kier alpha value is -0.490. The minimum atomic E-state index is -0.529. The number of ether oxygens (including phenoxy) is 2. The lowest BCUT2D eigenvalue weighted by atomic mass is 9.42. The molecule has 5 nitrogen and oxygen atoms in total. The van der Waals surface area contributed by atoms with E-state index in [0.29, 0.717) is 48.5 Å². The molecule has 35 heavy (non-hydrogen) atoms. The van der Waals surface area contributed by atoms with E-state index in [1.54, 1.807) is 0 Å². The zero-order valence-electron chi connectivity index (χ0n) is 22.6. The number of carbonyl (C=O) groups is 1. The van der Waals surface area contributed by atoms with E-state index in [-0.39, 0.29) is 28.7 Å². The molecule has 1 spiro atoms. The summed E-state index contributed by atoms with van der Waals surface area (Å²) in [4.78, 5) is 16.8. The van der Waals surface area contributed by atoms with Crippen molar-refractivity contribution in [1.29, 1.82) is 0 Å². The Morgan fingerprint density at radius 1 is 1.06 bits per heavy atom. The summed E-state index contributed by atoms with van der Waals surface area (Å²) in [7, 11) is 0. The van der Waals surface area contributed by atoms with Crippen molar-refractivity contribution in [1.82, 2.24) is 4.90 Å². The molecule has 0 aromatic heterocycles. The first-order chi connectivity index (χ1) is 16.5. The summed E-state index contributed by atoms with van der Waals surface area (Å²) in [6.07, 6.45) is 11.9.